The third-order valence-electron chi connectivity index (χ3n) is 3.87. The van der Waals surface area contributed by atoms with Gasteiger partial charge in [0.25, 0.3) is 0 Å². The van der Waals surface area contributed by atoms with Crippen molar-refractivity contribution < 1.29 is 0 Å². The van der Waals surface area contributed by atoms with Crippen LogP contribution in [0.2, 0.25) is 0 Å². The van der Waals surface area contributed by atoms with Gasteiger partial charge in [0.05, 0.1) is 6.54 Å². The van der Waals surface area contributed by atoms with Gasteiger partial charge in [-0.2, -0.15) is 5.10 Å². The number of hydrogen-bond donors (Lipinski definition) is 1. The molecule has 1 heterocycles. The Morgan fingerprint density at radius 3 is 2.62 bits per heavy atom. The van der Waals surface area contributed by atoms with Crippen LogP contribution in [0.3, 0.4) is 0 Å². The number of unbranched alkanes of at least 4 members (excludes halogenated alkanes) is 1. The monoisotopic (exact) mass is 441 g/mol. The van der Waals surface area contributed by atoms with Gasteiger partial charge < -0.3 is 10.2 Å². The maximum atomic E-state index is 4.38. The number of aliphatic imine (C=N–C) groups is 1. The first-order chi connectivity index (χ1) is 11.2. The average molecular weight is 441 g/mol. The normalized spacial score (nSPS) is 11.0. The minimum absolute atomic E-state index is 0. The summed E-state index contributed by atoms with van der Waals surface area (Å²) in [7, 11) is 3.92. The van der Waals surface area contributed by atoms with Gasteiger partial charge >= 0.3 is 0 Å². The molecule has 0 aliphatic rings. The van der Waals surface area contributed by atoms with Gasteiger partial charge in [0.15, 0.2) is 5.96 Å². The smallest absolute Gasteiger partial charge is 0.193 e. The Balaban J connectivity index is 0.00000288. The average Bonchev–Trinajstić information content (AvgIpc) is 3.08. The lowest BCUT2D eigenvalue weighted by Gasteiger charge is -2.22. The van der Waals surface area contributed by atoms with Gasteiger partial charge in [-0.25, -0.2) is 0 Å². The summed E-state index contributed by atoms with van der Waals surface area (Å²) in [6.45, 7) is 4.77. The van der Waals surface area contributed by atoms with Gasteiger partial charge in [0.1, 0.15) is 0 Å². The summed E-state index contributed by atoms with van der Waals surface area (Å²) in [4.78, 5) is 6.56. The van der Waals surface area contributed by atoms with Crippen LogP contribution in [0, 0.1) is 0 Å². The van der Waals surface area contributed by atoms with Gasteiger partial charge in [-0.3, -0.25) is 9.67 Å². The van der Waals surface area contributed by atoms with Crippen LogP contribution in [-0.4, -0.2) is 41.3 Å². The van der Waals surface area contributed by atoms with Crippen LogP contribution in [0.15, 0.2) is 47.7 Å². The van der Waals surface area contributed by atoms with Gasteiger partial charge in [0, 0.05) is 39.6 Å². The number of rotatable bonds is 7. The molecule has 2 rings (SSSR count). The quantitative estimate of drug-likeness (QED) is 0.407. The standard InChI is InChI=1S/C18H27N5.HI/c1-4-5-12-22(3)18(19-2)20-14-16-9-6-7-10-17(16)15-23-13-8-11-21-23;/h6-11,13H,4-5,12,14-15H2,1-3H3,(H,19,20);1H. The molecule has 132 valence electrons. The Bertz CT molecular complexity index is 610. The summed E-state index contributed by atoms with van der Waals surface area (Å²) < 4.78 is 1.95. The molecule has 0 spiro atoms. The molecule has 0 saturated carbocycles. The zero-order valence-corrected chi connectivity index (χ0v) is 17.1. The lowest BCUT2D eigenvalue weighted by Crippen LogP contribution is -2.39. The fourth-order valence-corrected chi connectivity index (χ4v) is 2.51. The summed E-state index contributed by atoms with van der Waals surface area (Å²) in [6.07, 6.45) is 6.16. The van der Waals surface area contributed by atoms with Crippen molar-refractivity contribution in [3.63, 3.8) is 0 Å². The van der Waals surface area contributed by atoms with Crippen LogP contribution in [0.5, 0.6) is 0 Å². The molecule has 0 bridgehead atoms. The van der Waals surface area contributed by atoms with Crippen LogP contribution in [0.4, 0.5) is 0 Å². The fraction of sp³-hybridized carbons (Fsp3) is 0.444. The highest BCUT2D eigenvalue weighted by Gasteiger charge is 2.07. The SMILES string of the molecule is CCCCN(C)C(=NC)NCc1ccccc1Cn1cccn1.I. The molecule has 0 aliphatic carbocycles. The number of hydrogen-bond acceptors (Lipinski definition) is 2. The van der Waals surface area contributed by atoms with Crippen molar-refractivity contribution in [2.75, 3.05) is 20.6 Å². The van der Waals surface area contributed by atoms with E-state index in [4.69, 9.17) is 0 Å². The summed E-state index contributed by atoms with van der Waals surface area (Å²) in [5, 5.41) is 7.75. The number of aromatic nitrogens is 2. The molecule has 24 heavy (non-hydrogen) atoms. The van der Waals surface area contributed by atoms with E-state index in [1.807, 2.05) is 30.2 Å². The molecule has 0 unspecified atom stereocenters. The zero-order chi connectivity index (χ0) is 16.5. The highest BCUT2D eigenvalue weighted by atomic mass is 127. The second-order valence-electron chi connectivity index (χ2n) is 5.65. The molecule has 0 radical (unpaired) electrons. The Morgan fingerprint density at radius 1 is 1.25 bits per heavy atom. The first-order valence-corrected chi connectivity index (χ1v) is 8.20. The first kappa shape index (κ1) is 20.5. The molecule has 1 aromatic carbocycles. The van der Waals surface area contributed by atoms with E-state index in [0.717, 1.165) is 25.6 Å². The van der Waals surface area contributed by atoms with Crippen LogP contribution < -0.4 is 5.32 Å². The van der Waals surface area contributed by atoms with Crippen molar-refractivity contribution in [2.45, 2.75) is 32.9 Å². The minimum atomic E-state index is 0. The van der Waals surface area contributed by atoms with Gasteiger partial charge in [-0.1, -0.05) is 37.6 Å². The van der Waals surface area contributed by atoms with Gasteiger partial charge in [-0.05, 0) is 23.6 Å². The molecule has 1 N–H and O–H groups in total. The zero-order valence-electron chi connectivity index (χ0n) is 14.8. The lowest BCUT2D eigenvalue weighted by atomic mass is 10.1. The Labute approximate surface area is 162 Å². The molecule has 0 amide bonds. The Hall–Kier alpha value is -1.57. The molecular weight excluding hydrogens is 413 g/mol. The maximum Gasteiger partial charge on any atom is 0.193 e. The van der Waals surface area contributed by atoms with Crippen molar-refractivity contribution in [3.05, 3.63) is 53.9 Å². The Kier molecular flexibility index (Phi) is 9.44. The molecule has 0 aliphatic heterocycles. The van der Waals surface area contributed by atoms with E-state index in [0.29, 0.717) is 0 Å². The highest BCUT2D eigenvalue weighted by Crippen LogP contribution is 2.10. The first-order valence-electron chi connectivity index (χ1n) is 8.20. The number of guanidine groups is 1. The van der Waals surface area contributed by atoms with Crippen LogP contribution in [0.1, 0.15) is 30.9 Å². The van der Waals surface area contributed by atoms with E-state index in [9.17, 15) is 0 Å². The van der Waals surface area contributed by atoms with E-state index < -0.39 is 0 Å². The van der Waals surface area contributed by atoms with Crippen molar-refractivity contribution in [1.29, 1.82) is 0 Å². The molecule has 1 aromatic heterocycles. The third-order valence-corrected chi connectivity index (χ3v) is 3.87. The van der Waals surface area contributed by atoms with Crippen LogP contribution in [-0.2, 0) is 13.1 Å². The molecule has 0 atom stereocenters. The summed E-state index contributed by atoms with van der Waals surface area (Å²) in [6, 6.07) is 10.4. The topological polar surface area (TPSA) is 45.5 Å². The fourth-order valence-electron chi connectivity index (χ4n) is 2.51. The van der Waals surface area contributed by atoms with E-state index in [1.165, 1.54) is 24.0 Å². The molecule has 0 fully saturated rings. The number of halogens is 1. The summed E-state index contributed by atoms with van der Waals surface area (Å²) in [5.74, 6) is 0.937. The molecule has 2 aromatic rings. The second kappa shape index (κ2) is 11.1. The van der Waals surface area contributed by atoms with E-state index in [1.54, 1.807) is 0 Å². The summed E-state index contributed by atoms with van der Waals surface area (Å²) >= 11 is 0. The number of benzene rings is 1. The van der Waals surface area contributed by atoms with Gasteiger partial charge in [0.2, 0.25) is 0 Å². The van der Waals surface area contributed by atoms with Crippen molar-refractivity contribution in [3.8, 4) is 0 Å². The number of nitrogens with one attached hydrogen (secondary N) is 1. The minimum Gasteiger partial charge on any atom is -0.352 e. The predicted molar refractivity (Wildman–Crippen MR) is 111 cm³/mol. The largest absolute Gasteiger partial charge is 0.352 e. The third kappa shape index (κ3) is 6.14. The van der Waals surface area contributed by atoms with Crippen LogP contribution in [0.25, 0.3) is 0 Å². The van der Waals surface area contributed by atoms with Crippen molar-refractivity contribution >= 4 is 29.9 Å². The second-order valence-corrected chi connectivity index (χ2v) is 5.65. The molecular formula is C18H28IN5. The maximum absolute atomic E-state index is 4.38. The van der Waals surface area contributed by atoms with Gasteiger partial charge in [-0.15, -0.1) is 24.0 Å². The number of nitrogens with zero attached hydrogens (tertiary/aromatic N) is 4. The Morgan fingerprint density at radius 2 is 2.00 bits per heavy atom. The van der Waals surface area contributed by atoms with E-state index in [2.05, 4.69) is 58.5 Å². The van der Waals surface area contributed by atoms with Crippen molar-refractivity contribution in [2.24, 2.45) is 4.99 Å². The molecule has 5 nitrogen and oxygen atoms in total. The lowest BCUT2D eigenvalue weighted by molar-refractivity contribution is 0.464. The van der Waals surface area contributed by atoms with Crippen molar-refractivity contribution in [1.82, 2.24) is 20.0 Å². The van der Waals surface area contributed by atoms with E-state index >= 15 is 0 Å². The summed E-state index contributed by atoms with van der Waals surface area (Å²) in [5.41, 5.74) is 2.54. The van der Waals surface area contributed by atoms with Crippen LogP contribution >= 0.6 is 24.0 Å². The molecule has 0 saturated heterocycles. The van der Waals surface area contributed by atoms with E-state index in [-0.39, 0.29) is 24.0 Å². The highest BCUT2D eigenvalue weighted by molar-refractivity contribution is 14.0. The molecule has 6 heteroatoms. The predicted octanol–water partition coefficient (Wildman–Crippen LogP) is 3.36.